The fourth-order valence-electron chi connectivity index (χ4n) is 3.25. The van der Waals surface area contributed by atoms with E-state index < -0.39 is 11.9 Å². The van der Waals surface area contributed by atoms with E-state index in [0.717, 1.165) is 24.2 Å². The number of hydrogen-bond acceptors (Lipinski definition) is 7. The minimum atomic E-state index is -0.577. The lowest BCUT2D eigenvalue weighted by atomic mass is 9.83. The molecule has 3 heterocycles. The summed E-state index contributed by atoms with van der Waals surface area (Å²) in [7, 11) is 0. The average molecular weight is 415 g/mol. The number of nitrogens with zero attached hydrogens (tertiary/aromatic N) is 2. The molecule has 2 aromatic rings. The maximum atomic E-state index is 13.1. The molecule has 0 aliphatic carbocycles. The molecule has 0 spiro atoms. The minimum Gasteiger partial charge on any atom is -0.460 e. The molecule has 1 aliphatic rings. The second-order valence-corrected chi connectivity index (χ2v) is 8.25. The molecule has 0 bridgehead atoms. The van der Waals surface area contributed by atoms with Gasteiger partial charge in [0.2, 0.25) is 0 Å². The lowest BCUT2D eigenvalue weighted by molar-refractivity contribution is -0.143. The molecule has 0 radical (unpaired) electrons. The molecular formula is C21H26N4O3S. The predicted octanol–water partition coefficient (Wildman–Crippen LogP) is 3.84. The fraction of sp³-hybridized carbons (Fsp3) is 0.429. The molecule has 29 heavy (non-hydrogen) atoms. The number of aromatic amines is 1. The number of unbranched alkanes of at least 4 members (excludes halogenated alkanes) is 1. The van der Waals surface area contributed by atoms with Crippen molar-refractivity contribution in [1.29, 1.82) is 0 Å². The third-order valence-electron chi connectivity index (χ3n) is 4.56. The van der Waals surface area contributed by atoms with E-state index in [1.807, 2.05) is 0 Å². The molecule has 2 aromatic heterocycles. The summed E-state index contributed by atoms with van der Waals surface area (Å²) in [6.07, 6.45) is 5.15. The molecule has 0 saturated carbocycles. The van der Waals surface area contributed by atoms with Gasteiger partial charge in [-0.2, -0.15) is 0 Å². The smallest absolute Gasteiger partial charge is 0.337 e. The standard InChI is InChI=1S/C21H26N4O3S/c1-5-6-11-29-21-24-18-17(19(26)25-21)16(14-7-9-22-10-8-14)15(13(4)23-18)20(27)28-12(2)3/h7-10,12,16H,5-6,11H2,1-4H3,(H2,23,24,25,26)/t16-/m0/s1. The predicted molar refractivity (Wildman–Crippen MR) is 114 cm³/mol. The summed E-state index contributed by atoms with van der Waals surface area (Å²) in [5.41, 5.74) is 1.99. The number of allylic oxidation sites excluding steroid dienone is 1. The number of H-pyrrole nitrogens is 1. The van der Waals surface area contributed by atoms with Gasteiger partial charge in [-0.15, -0.1) is 0 Å². The molecular weight excluding hydrogens is 388 g/mol. The van der Waals surface area contributed by atoms with E-state index in [1.54, 1.807) is 45.3 Å². The molecule has 3 rings (SSSR count). The Morgan fingerprint density at radius 3 is 2.69 bits per heavy atom. The Labute approximate surface area is 174 Å². The van der Waals surface area contributed by atoms with E-state index in [-0.39, 0.29) is 11.7 Å². The zero-order valence-corrected chi connectivity index (χ0v) is 17.9. The number of ether oxygens (including phenoxy) is 1. The van der Waals surface area contributed by atoms with Crippen LogP contribution in [0, 0.1) is 0 Å². The Morgan fingerprint density at radius 2 is 2.03 bits per heavy atom. The lowest BCUT2D eigenvalue weighted by Crippen LogP contribution is -2.31. The number of aromatic nitrogens is 3. The topological polar surface area (TPSA) is 97.0 Å². The molecule has 154 valence electrons. The first kappa shape index (κ1) is 21.1. The maximum absolute atomic E-state index is 13.1. The summed E-state index contributed by atoms with van der Waals surface area (Å²) < 4.78 is 5.47. The first-order chi connectivity index (χ1) is 13.9. The summed E-state index contributed by atoms with van der Waals surface area (Å²) in [6.45, 7) is 7.53. The quantitative estimate of drug-likeness (QED) is 0.307. The van der Waals surface area contributed by atoms with Gasteiger partial charge in [0, 0.05) is 23.8 Å². The molecule has 7 nitrogen and oxygen atoms in total. The van der Waals surface area contributed by atoms with Gasteiger partial charge in [-0.3, -0.25) is 9.78 Å². The summed E-state index contributed by atoms with van der Waals surface area (Å²) in [5.74, 6) is 0.338. The molecule has 1 atom stereocenters. The first-order valence-electron chi connectivity index (χ1n) is 9.78. The van der Waals surface area contributed by atoms with Gasteiger partial charge in [0.15, 0.2) is 5.16 Å². The highest BCUT2D eigenvalue weighted by molar-refractivity contribution is 7.99. The molecule has 1 aliphatic heterocycles. The van der Waals surface area contributed by atoms with Crippen molar-refractivity contribution < 1.29 is 9.53 Å². The highest BCUT2D eigenvalue weighted by Crippen LogP contribution is 2.40. The van der Waals surface area contributed by atoms with Crippen LogP contribution in [0.2, 0.25) is 0 Å². The molecule has 0 unspecified atom stereocenters. The van der Waals surface area contributed by atoms with Gasteiger partial charge in [-0.25, -0.2) is 9.78 Å². The Hall–Kier alpha value is -2.61. The zero-order chi connectivity index (χ0) is 21.0. The molecule has 0 fully saturated rings. The van der Waals surface area contributed by atoms with Crippen LogP contribution in [0.3, 0.4) is 0 Å². The van der Waals surface area contributed by atoms with Crippen molar-refractivity contribution in [3.05, 3.63) is 57.3 Å². The second kappa shape index (κ2) is 9.26. The van der Waals surface area contributed by atoms with Crippen molar-refractivity contribution >= 4 is 23.5 Å². The number of rotatable bonds is 7. The number of fused-ring (bicyclic) bond motifs is 1. The number of nitrogens with one attached hydrogen (secondary N) is 2. The fourth-order valence-corrected chi connectivity index (χ4v) is 4.20. The van der Waals surface area contributed by atoms with Gasteiger partial charge in [-0.1, -0.05) is 25.1 Å². The van der Waals surface area contributed by atoms with Gasteiger partial charge in [0.25, 0.3) is 5.56 Å². The van der Waals surface area contributed by atoms with Crippen LogP contribution in [-0.2, 0) is 9.53 Å². The van der Waals surface area contributed by atoms with E-state index in [0.29, 0.717) is 27.8 Å². The van der Waals surface area contributed by atoms with Crippen molar-refractivity contribution in [3.8, 4) is 0 Å². The third-order valence-corrected chi connectivity index (χ3v) is 5.52. The van der Waals surface area contributed by atoms with Crippen LogP contribution in [-0.4, -0.2) is 32.8 Å². The highest BCUT2D eigenvalue weighted by atomic mass is 32.2. The van der Waals surface area contributed by atoms with Crippen molar-refractivity contribution in [1.82, 2.24) is 15.0 Å². The van der Waals surface area contributed by atoms with Crippen molar-refractivity contribution in [2.24, 2.45) is 0 Å². The zero-order valence-electron chi connectivity index (χ0n) is 17.1. The van der Waals surface area contributed by atoms with E-state index in [1.165, 1.54) is 11.8 Å². The normalized spacial score (nSPS) is 15.8. The van der Waals surface area contributed by atoms with Crippen molar-refractivity contribution in [2.45, 2.75) is 57.7 Å². The van der Waals surface area contributed by atoms with Gasteiger partial charge < -0.3 is 15.0 Å². The summed E-state index contributed by atoms with van der Waals surface area (Å²) in [4.78, 5) is 37.5. The highest BCUT2D eigenvalue weighted by Gasteiger charge is 2.36. The van der Waals surface area contributed by atoms with Crippen LogP contribution < -0.4 is 10.9 Å². The number of thioether (sulfide) groups is 1. The van der Waals surface area contributed by atoms with E-state index in [2.05, 4.69) is 27.2 Å². The van der Waals surface area contributed by atoms with Crippen LogP contribution in [0.1, 0.15) is 57.6 Å². The largest absolute Gasteiger partial charge is 0.460 e. The molecule has 0 aromatic carbocycles. The second-order valence-electron chi connectivity index (χ2n) is 7.17. The Balaban J connectivity index is 2.11. The number of esters is 1. The van der Waals surface area contributed by atoms with Crippen LogP contribution in [0.4, 0.5) is 5.82 Å². The summed E-state index contributed by atoms with van der Waals surface area (Å²) >= 11 is 1.52. The third kappa shape index (κ3) is 4.70. The summed E-state index contributed by atoms with van der Waals surface area (Å²) in [5, 5.41) is 3.73. The Kier molecular flexibility index (Phi) is 6.74. The van der Waals surface area contributed by atoms with E-state index in [4.69, 9.17) is 4.74 Å². The molecule has 0 amide bonds. The van der Waals surface area contributed by atoms with E-state index >= 15 is 0 Å². The number of carbonyl (C=O) groups excluding carboxylic acids is 1. The van der Waals surface area contributed by atoms with Crippen LogP contribution in [0.15, 0.2) is 45.7 Å². The van der Waals surface area contributed by atoms with Gasteiger partial charge in [0.05, 0.1) is 23.2 Å². The molecule has 8 heteroatoms. The van der Waals surface area contributed by atoms with Crippen LogP contribution in [0.25, 0.3) is 0 Å². The van der Waals surface area contributed by atoms with Gasteiger partial charge in [0.1, 0.15) is 5.82 Å². The van der Waals surface area contributed by atoms with E-state index in [9.17, 15) is 9.59 Å². The van der Waals surface area contributed by atoms with Crippen molar-refractivity contribution in [2.75, 3.05) is 11.1 Å². The monoisotopic (exact) mass is 414 g/mol. The van der Waals surface area contributed by atoms with Crippen molar-refractivity contribution in [3.63, 3.8) is 0 Å². The first-order valence-corrected chi connectivity index (χ1v) is 10.8. The SMILES string of the molecule is CCCCSc1nc2c(c(=O)[nH]1)[C@@H](c1ccncc1)C(C(=O)OC(C)C)=C(C)N2. The number of pyridine rings is 1. The molecule has 0 saturated heterocycles. The average Bonchev–Trinajstić information content (AvgIpc) is 2.67. The van der Waals surface area contributed by atoms with Gasteiger partial charge >= 0.3 is 5.97 Å². The Morgan fingerprint density at radius 1 is 1.31 bits per heavy atom. The molecule has 2 N–H and O–H groups in total. The number of anilines is 1. The van der Waals surface area contributed by atoms with Gasteiger partial charge in [-0.05, 0) is 44.9 Å². The Bertz CT molecular complexity index is 970. The number of carbonyl (C=O) groups is 1. The van der Waals surface area contributed by atoms with Crippen LogP contribution in [0.5, 0.6) is 0 Å². The maximum Gasteiger partial charge on any atom is 0.337 e. The minimum absolute atomic E-state index is 0.259. The lowest BCUT2D eigenvalue weighted by Gasteiger charge is -2.29. The summed E-state index contributed by atoms with van der Waals surface area (Å²) in [6, 6.07) is 3.61. The number of hydrogen-bond donors (Lipinski definition) is 2. The van der Waals surface area contributed by atoms with Crippen LogP contribution >= 0.6 is 11.8 Å².